The molecule has 2 aliphatic carbocycles. The summed E-state index contributed by atoms with van der Waals surface area (Å²) in [7, 11) is -5.96. The summed E-state index contributed by atoms with van der Waals surface area (Å²) in [5, 5.41) is 26.9. The summed E-state index contributed by atoms with van der Waals surface area (Å²) in [5.74, 6) is 0.668. The Bertz CT molecular complexity index is 3210. The van der Waals surface area contributed by atoms with Crippen LogP contribution in [0.5, 0.6) is 11.6 Å². The molecule has 3 aromatic carbocycles. The quantitative estimate of drug-likeness (QED) is 0.0323. The summed E-state index contributed by atoms with van der Waals surface area (Å²) in [5.41, 5.74) is 3.42. The molecule has 6 aliphatic rings. The first kappa shape index (κ1) is 57.1. The van der Waals surface area contributed by atoms with Crippen molar-refractivity contribution >= 4 is 63.5 Å². The van der Waals surface area contributed by atoms with Crippen LogP contribution in [0.4, 0.5) is 28.4 Å². The van der Waals surface area contributed by atoms with Gasteiger partial charge in [0.1, 0.15) is 35.6 Å². The van der Waals surface area contributed by atoms with Gasteiger partial charge in [-0.1, -0.05) is 44.3 Å². The van der Waals surface area contributed by atoms with E-state index in [0.717, 1.165) is 93.5 Å². The predicted molar refractivity (Wildman–Crippen MR) is 317 cm³/mol. The van der Waals surface area contributed by atoms with Gasteiger partial charge in [-0.2, -0.15) is 4.98 Å². The summed E-state index contributed by atoms with van der Waals surface area (Å²) in [6.45, 7) is 17.8. The number of hydrogen-bond acceptors (Lipinski definition) is 15. The van der Waals surface area contributed by atoms with Gasteiger partial charge in [0, 0.05) is 81.9 Å². The highest BCUT2D eigenvalue weighted by molar-refractivity contribution is 7.90. The van der Waals surface area contributed by atoms with Crippen LogP contribution in [0.25, 0.3) is 11.0 Å². The number of benzene rings is 3. The van der Waals surface area contributed by atoms with Crippen LogP contribution in [0.3, 0.4) is 0 Å². The molecule has 0 radical (unpaired) electrons. The molecule has 5 aromatic rings. The minimum Gasteiger partial charge on any atom is -0.491 e. The van der Waals surface area contributed by atoms with E-state index in [2.05, 4.69) is 82.5 Å². The third-order valence-corrected chi connectivity index (χ3v) is 21.2. The molecule has 0 unspecified atom stereocenters. The van der Waals surface area contributed by atoms with Gasteiger partial charge in [0.25, 0.3) is 21.6 Å². The number of rotatable bonds is 18. The van der Waals surface area contributed by atoms with Gasteiger partial charge in [0.2, 0.25) is 5.88 Å². The number of anilines is 4. The first-order valence-electron chi connectivity index (χ1n) is 29.6. The van der Waals surface area contributed by atoms with E-state index in [4.69, 9.17) is 23.9 Å². The van der Waals surface area contributed by atoms with Crippen LogP contribution in [0.15, 0.2) is 83.9 Å². The Balaban J connectivity index is 0.879. The Hall–Kier alpha value is -5.77. The van der Waals surface area contributed by atoms with E-state index in [1.54, 1.807) is 6.07 Å². The summed E-state index contributed by atoms with van der Waals surface area (Å²) in [6, 6.07) is 23.5. The van der Waals surface area contributed by atoms with Crippen LogP contribution in [0.1, 0.15) is 120 Å². The zero-order chi connectivity index (χ0) is 56.8. The number of carbonyl (C=O) groups excluding carboxylic acids is 1. The molecule has 3 saturated heterocycles. The lowest BCUT2D eigenvalue weighted by molar-refractivity contribution is -0.384. The number of ether oxygens (including phenoxy) is 4. The average molecular weight is 1150 g/mol. The molecule has 2 aromatic heterocycles. The SMILES string of the molecule is CC(C)Oc1ccccc1[C@@H]1CCCCN1C1CC2(CCN(c3ccc(C(=O)NS(=O)(=O)c4ccc(NC[C@H]5CC[C@](C)(O)CC5)c([N+](=O)[O-])c4)c(N4c5cc6ccn(COCC[Si](C)(C)C)c6nc5O[C@H]5COCC[C@@H]54)c3)CC2)C1. The molecule has 1 spiro atoms. The Morgan fingerprint density at radius 1 is 0.951 bits per heavy atom. The first-order chi connectivity index (χ1) is 38.7. The number of aliphatic hydroxyl groups is 1. The second-order valence-electron chi connectivity index (χ2n) is 25.7. The van der Waals surface area contributed by atoms with Crippen LogP contribution >= 0.6 is 0 Å². The van der Waals surface area contributed by atoms with Crippen molar-refractivity contribution in [2.45, 2.75) is 171 Å². The van der Waals surface area contributed by atoms with Gasteiger partial charge in [-0.05, 0) is 164 Å². The van der Waals surface area contributed by atoms with E-state index in [0.29, 0.717) is 80.7 Å². The molecular weight excluding hydrogens is 1060 g/mol. The zero-order valence-electron chi connectivity index (χ0n) is 48.0. The number of sulfonamides is 1. The fourth-order valence-electron chi connectivity index (χ4n) is 13.5. The van der Waals surface area contributed by atoms with E-state index < -0.39 is 51.2 Å². The van der Waals surface area contributed by atoms with Gasteiger partial charge in [-0.3, -0.25) is 19.8 Å². The van der Waals surface area contributed by atoms with Crippen LogP contribution in [-0.2, 0) is 26.2 Å². The van der Waals surface area contributed by atoms with Crippen molar-refractivity contribution in [3.05, 3.63) is 100 Å². The lowest BCUT2D eigenvalue weighted by Gasteiger charge is -2.57. The Labute approximate surface area is 478 Å². The number of nitrogens with one attached hydrogen (secondary N) is 2. The third kappa shape index (κ3) is 12.5. The number of nitro groups is 1. The molecular formula is C61H82N8O10SSi. The Kier molecular flexibility index (Phi) is 16.3. The third-order valence-electron chi connectivity index (χ3n) is 18.2. The van der Waals surface area contributed by atoms with Crippen LogP contribution < -0.4 is 29.3 Å². The number of amides is 1. The Morgan fingerprint density at radius 2 is 1.73 bits per heavy atom. The number of piperidine rings is 2. The lowest BCUT2D eigenvalue weighted by Crippen LogP contribution is -2.56. The van der Waals surface area contributed by atoms with E-state index in [1.165, 1.54) is 30.5 Å². The molecule has 2 saturated carbocycles. The highest BCUT2D eigenvalue weighted by Crippen LogP contribution is 2.55. The van der Waals surface area contributed by atoms with Gasteiger partial charge in [0.15, 0.2) is 0 Å². The maximum atomic E-state index is 14.9. The summed E-state index contributed by atoms with van der Waals surface area (Å²) >= 11 is 0. The summed E-state index contributed by atoms with van der Waals surface area (Å²) in [6.07, 6.45) is 12.8. The smallest absolute Gasteiger partial charge is 0.293 e. The summed E-state index contributed by atoms with van der Waals surface area (Å²) in [4.78, 5) is 38.8. The van der Waals surface area contributed by atoms with Crippen LogP contribution in [-0.4, -0.2) is 123 Å². The van der Waals surface area contributed by atoms with Crippen molar-refractivity contribution in [2.24, 2.45) is 11.3 Å². The molecule has 20 heteroatoms. The standard InChI is InChI=1S/C61H82N8O10SSi/c1-41(2)78-55-13-8-7-11-47(55)50-12-9-10-26-67(50)45-36-61(37-45)24-28-65(29-25-61)44-14-16-48(58(70)64-80(74,75)46-15-17-49(53(35-46)69(72)73)62-38-42-18-22-60(3,71)23-19-42)52(34-44)68-51-21-30-76-39-56(51)79-59-54(68)33-43-20-27-66(57(43)63-59)40-77-31-32-81(4,5)6/h7-8,11,13-17,20,27,33-35,41-42,45,50-51,56,62,71H,9-10,12,18-19,21-26,28-32,36-40H2,1-6H3,(H,64,70)/t42-,50-,51-,56-,60-/m0/s1. The van der Waals surface area contributed by atoms with Gasteiger partial charge < -0.3 is 43.7 Å². The fraction of sp³-hybridized carbons (Fsp3) is 0.574. The molecule has 6 heterocycles. The molecule has 18 nitrogen and oxygen atoms in total. The monoisotopic (exact) mass is 1150 g/mol. The molecule has 11 rings (SSSR count). The van der Waals surface area contributed by atoms with E-state index in [-0.39, 0.29) is 41.3 Å². The average Bonchev–Trinajstić information content (AvgIpc) is 3.64. The minimum atomic E-state index is -4.65. The van der Waals surface area contributed by atoms with Gasteiger partial charge in [-0.25, -0.2) is 13.1 Å². The number of nitro benzene ring substituents is 1. The second kappa shape index (κ2) is 23.1. The van der Waals surface area contributed by atoms with Crippen molar-refractivity contribution < 1.29 is 42.2 Å². The molecule has 4 aliphatic heterocycles. The van der Waals surface area contributed by atoms with Crippen LogP contribution in [0.2, 0.25) is 25.7 Å². The van der Waals surface area contributed by atoms with Crippen molar-refractivity contribution in [3.63, 3.8) is 0 Å². The van der Waals surface area contributed by atoms with Crippen molar-refractivity contribution in [2.75, 3.05) is 61.1 Å². The van der Waals surface area contributed by atoms with Crippen LogP contribution in [0, 0.1) is 21.4 Å². The number of nitrogens with zero attached hydrogens (tertiary/aromatic N) is 6. The van der Waals surface area contributed by atoms with Crippen molar-refractivity contribution in [1.82, 2.24) is 19.2 Å². The second-order valence-corrected chi connectivity index (χ2v) is 33.0. The summed E-state index contributed by atoms with van der Waals surface area (Å²) < 4.78 is 58.2. The van der Waals surface area contributed by atoms with Crippen molar-refractivity contribution in [1.29, 1.82) is 0 Å². The van der Waals surface area contributed by atoms with E-state index in [1.807, 2.05) is 42.0 Å². The molecule has 3 atom stereocenters. The number of carbonyl (C=O) groups is 1. The first-order valence-corrected chi connectivity index (χ1v) is 34.7. The molecule has 5 fully saturated rings. The zero-order valence-corrected chi connectivity index (χ0v) is 49.8. The largest absolute Gasteiger partial charge is 0.491 e. The minimum absolute atomic E-state index is 0.101. The highest BCUT2D eigenvalue weighted by atomic mass is 32.2. The van der Waals surface area contributed by atoms with Gasteiger partial charge >= 0.3 is 0 Å². The van der Waals surface area contributed by atoms with Gasteiger partial charge in [0.05, 0.1) is 45.4 Å². The lowest BCUT2D eigenvalue weighted by atomic mass is 9.59. The number of pyridine rings is 1. The number of aromatic nitrogens is 2. The number of hydrogen-bond donors (Lipinski definition) is 3. The molecule has 436 valence electrons. The highest BCUT2D eigenvalue weighted by Gasteiger charge is 2.50. The number of likely N-dealkylation sites (tertiary alicyclic amines) is 1. The van der Waals surface area contributed by atoms with Crippen molar-refractivity contribution in [3.8, 4) is 11.6 Å². The van der Waals surface area contributed by atoms with Gasteiger partial charge in [-0.15, -0.1) is 0 Å². The topological polar surface area (TPSA) is 203 Å². The Morgan fingerprint density at radius 3 is 2.48 bits per heavy atom. The molecule has 1 amide bonds. The number of para-hydroxylation sites is 1. The maximum absolute atomic E-state index is 14.9. The molecule has 3 N–H and O–H groups in total. The number of fused-ring (bicyclic) bond motifs is 3. The fourth-order valence-corrected chi connectivity index (χ4v) is 15.2. The molecule has 0 bridgehead atoms. The van der Waals surface area contributed by atoms with E-state index in [9.17, 15) is 28.4 Å². The van der Waals surface area contributed by atoms with E-state index >= 15 is 0 Å². The normalized spacial score (nSPS) is 24.3. The maximum Gasteiger partial charge on any atom is 0.293 e. The predicted octanol–water partition coefficient (Wildman–Crippen LogP) is 11.2. The molecule has 81 heavy (non-hydrogen) atoms.